The summed E-state index contributed by atoms with van der Waals surface area (Å²) < 4.78 is 33.1. The van der Waals surface area contributed by atoms with Gasteiger partial charge in [-0.3, -0.25) is 9.10 Å². The van der Waals surface area contributed by atoms with E-state index >= 15 is 0 Å². The molecule has 0 saturated carbocycles. The van der Waals surface area contributed by atoms with Crippen LogP contribution in [-0.4, -0.2) is 34.5 Å². The summed E-state index contributed by atoms with van der Waals surface area (Å²) >= 11 is 0. The molecule has 0 saturated heterocycles. The Morgan fingerprint density at radius 1 is 0.939 bits per heavy atom. The van der Waals surface area contributed by atoms with Crippen molar-refractivity contribution < 1.29 is 17.9 Å². The normalized spacial score (nSPS) is 11.1. The van der Waals surface area contributed by atoms with Gasteiger partial charge < -0.3 is 10.1 Å². The molecule has 0 aliphatic heterocycles. The maximum atomic E-state index is 13.4. The van der Waals surface area contributed by atoms with Gasteiger partial charge >= 0.3 is 0 Å². The Balaban J connectivity index is 1.72. The lowest BCUT2D eigenvalue weighted by atomic mass is 10.1. The van der Waals surface area contributed by atoms with Crippen LogP contribution in [0.3, 0.4) is 0 Å². The Labute approximate surface area is 196 Å². The molecule has 0 bridgehead atoms. The van der Waals surface area contributed by atoms with E-state index in [9.17, 15) is 13.2 Å². The second-order valence-electron chi connectivity index (χ2n) is 7.97. The molecule has 0 atom stereocenters. The summed E-state index contributed by atoms with van der Waals surface area (Å²) in [6, 6.07) is 21.5. The number of sulfonamides is 1. The highest BCUT2D eigenvalue weighted by Crippen LogP contribution is 2.26. The summed E-state index contributed by atoms with van der Waals surface area (Å²) in [5, 5.41) is 2.85. The zero-order valence-corrected chi connectivity index (χ0v) is 20.1. The summed E-state index contributed by atoms with van der Waals surface area (Å²) in [7, 11) is -2.39. The van der Waals surface area contributed by atoms with Gasteiger partial charge in [-0.2, -0.15) is 0 Å². The molecule has 3 aromatic rings. The molecule has 1 N–H and O–H groups in total. The van der Waals surface area contributed by atoms with Crippen molar-refractivity contribution in [3.8, 4) is 5.75 Å². The number of nitrogens with zero attached hydrogens (tertiary/aromatic N) is 1. The van der Waals surface area contributed by atoms with Crippen molar-refractivity contribution in [2.75, 3.05) is 24.5 Å². The fourth-order valence-corrected chi connectivity index (χ4v) is 4.90. The Bertz CT molecular complexity index is 1170. The van der Waals surface area contributed by atoms with Crippen molar-refractivity contribution in [3.05, 3.63) is 89.5 Å². The van der Waals surface area contributed by atoms with Gasteiger partial charge in [0.05, 0.1) is 17.7 Å². The Morgan fingerprint density at radius 2 is 1.64 bits per heavy atom. The highest BCUT2D eigenvalue weighted by atomic mass is 32.2. The largest absolute Gasteiger partial charge is 0.497 e. The molecule has 0 aliphatic carbocycles. The van der Waals surface area contributed by atoms with Crippen molar-refractivity contribution >= 4 is 21.6 Å². The molecule has 1 amide bonds. The number of amides is 1. The number of hydrogen-bond donors (Lipinski definition) is 1. The molecule has 0 aliphatic rings. The first-order chi connectivity index (χ1) is 15.8. The van der Waals surface area contributed by atoms with Crippen LogP contribution in [0.5, 0.6) is 5.75 Å². The standard InChI is InChI=1S/C26H30N2O4S/c1-20-9-15-25(16-10-20)33(30,31)28(23-11-13-24(32-3)14-12-23)19-26(29)27-17-5-8-22-7-4-6-21(2)18-22/h4,6-7,9-16,18H,5,8,17,19H2,1-3H3,(H,27,29). The van der Waals surface area contributed by atoms with Gasteiger partial charge in [-0.1, -0.05) is 47.5 Å². The second kappa shape index (κ2) is 11.0. The topological polar surface area (TPSA) is 75.7 Å². The first-order valence-corrected chi connectivity index (χ1v) is 12.3. The van der Waals surface area contributed by atoms with Crippen LogP contribution in [0.4, 0.5) is 5.69 Å². The Morgan fingerprint density at radius 3 is 2.27 bits per heavy atom. The number of benzene rings is 3. The highest BCUT2D eigenvalue weighted by molar-refractivity contribution is 7.92. The third-order valence-electron chi connectivity index (χ3n) is 5.30. The molecule has 0 spiro atoms. The first-order valence-electron chi connectivity index (χ1n) is 10.9. The van der Waals surface area contributed by atoms with E-state index in [0.717, 1.165) is 22.7 Å². The number of ether oxygens (including phenoxy) is 1. The fraction of sp³-hybridized carbons (Fsp3) is 0.269. The average Bonchev–Trinajstić information content (AvgIpc) is 2.81. The predicted octanol–water partition coefficient (Wildman–Crippen LogP) is 4.26. The average molecular weight is 467 g/mol. The van der Waals surface area contributed by atoms with E-state index in [-0.39, 0.29) is 17.3 Å². The van der Waals surface area contributed by atoms with E-state index in [1.165, 1.54) is 11.1 Å². The van der Waals surface area contributed by atoms with Crippen LogP contribution in [0.2, 0.25) is 0 Å². The number of aryl methyl sites for hydroxylation is 3. The molecule has 3 rings (SSSR count). The molecular weight excluding hydrogens is 436 g/mol. The van der Waals surface area contributed by atoms with Gasteiger partial charge in [0.25, 0.3) is 10.0 Å². The molecule has 0 unspecified atom stereocenters. The summed E-state index contributed by atoms with van der Waals surface area (Å²) in [4.78, 5) is 12.8. The van der Waals surface area contributed by atoms with E-state index in [1.54, 1.807) is 55.6 Å². The number of carbonyl (C=O) groups is 1. The number of nitrogens with one attached hydrogen (secondary N) is 1. The lowest BCUT2D eigenvalue weighted by Crippen LogP contribution is -2.41. The van der Waals surface area contributed by atoms with Gasteiger partial charge in [0.2, 0.25) is 5.91 Å². The van der Waals surface area contributed by atoms with Gasteiger partial charge in [-0.25, -0.2) is 8.42 Å². The van der Waals surface area contributed by atoms with E-state index < -0.39 is 10.0 Å². The van der Waals surface area contributed by atoms with E-state index in [2.05, 4.69) is 17.4 Å². The third-order valence-corrected chi connectivity index (χ3v) is 7.09. The van der Waals surface area contributed by atoms with Crippen LogP contribution in [-0.2, 0) is 21.2 Å². The molecule has 0 heterocycles. The van der Waals surface area contributed by atoms with Crippen LogP contribution in [0.25, 0.3) is 0 Å². The van der Waals surface area contributed by atoms with Crippen molar-refractivity contribution in [1.82, 2.24) is 5.32 Å². The first kappa shape index (κ1) is 24.3. The van der Waals surface area contributed by atoms with E-state index in [0.29, 0.717) is 18.0 Å². The maximum Gasteiger partial charge on any atom is 0.264 e. The van der Waals surface area contributed by atoms with E-state index in [1.807, 2.05) is 26.0 Å². The molecule has 0 aromatic heterocycles. The van der Waals surface area contributed by atoms with Gasteiger partial charge in [0, 0.05) is 6.54 Å². The number of methoxy groups -OCH3 is 1. The van der Waals surface area contributed by atoms with Crippen LogP contribution >= 0.6 is 0 Å². The maximum absolute atomic E-state index is 13.4. The second-order valence-corrected chi connectivity index (χ2v) is 9.83. The highest BCUT2D eigenvalue weighted by Gasteiger charge is 2.27. The number of carbonyl (C=O) groups excluding carboxylic acids is 1. The van der Waals surface area contributed by atoms with Gasteiger partial charge in [0.15, 0.2) is 0 Å². The fourth-order valence-electron chi connectivity index (χ4n) is 3.48. The number of anilines is 1. The number of rotatable bonds is 10. The predicted molar refractivity (Wildman–Crippen MR) is 131 cm³/mol. The third kappa shape index (κ3) is 6.58. The van der Waals surface area contributed by atoms with Crippen LogP contribution in [0.15, 0.2) is 77.7 Å². The molecule has 174 valence electrons. The summed E-state index contributed by atoms with van der Waals surface area (Å²) in [6.45, 7) is 4.09. The van der Waals surface area contributed by atoms with Gasteiger partial charge in [-0.15, -0.1) is 0 Å². The molecular formula is C26H30N2O4S. The van der Waals surface area contributed by atoms with Crippen molar-refractivity contribution in [1.29, 1.82) is 0 Å². The van der Waals surface area contributed by atoms with Crippen LogP contribution < -0.4 is 14.4 Å². The van der Waals surface area contributed by atoms with Gasteiger partial charge in [0.1, 0.15) is 12.3 Å². The summed E-state index contributed by atoms with van der Waals surface area (Å²) in [5.74, 6) is 0.248. The Kier molecular flexibility index (Phi) is 8.11. The minimum Gasteiger partial charge on any atom is -0.497 e. The SMILES string of the molecule is COc1ccc(N(CC(=O)NCCCc2cccc(C)c2)S(=O)(=O)c2ccc(C)cc2)cc1. The molecule has 6 nitrogen and oxygen atoms in total. The minimum atomic E-state index is -3.93. The number of hydrogen-bond acceptors (Lipinski definition) is 4. The van der Waals surface area contributed by atoms with Crippen LogP contribution in [0.1, 0.15) is 23.1 Å². The molecule has 7 heteroatoms. The molecule has 33 heavy (non-hydrogen) atoms. The smallest absolute Gasteiger partial charge is 0.264 e. The Hall–Kier alpha value is -3.32. The van der Waals surface area contributed by atoms with Crippen molar-refractivity contribution in [3.63, 3.8) is 0 Å². The van der Waals surface area contributed by atoms with Crippen molar-refractivity contribution in [2.24, 2.45) is 0 Å². The monoisotopic (exact) mass is 466 g/mol. The summed E-state index contributed by atoms with van der Waals surface area (Å²) in [5.41, 5.74) is 3.77. The summed E-state index contributed by atoms with van der Waals surface area (Å²) in [6.07, 6.45) is 1.61. The molecule has 0 radical (unpaired) electrons. The zero-order chi connectivity index (χ0) is 23.8. The van der Waals surface area contributed by atoms with E-state index in [4.69, 9.17) is 4.74 Å². The molecule has 0 fully saturated rings. The van der Waals surface area contributed by atoms with Gasteiger partial charge in [-0.05, 0) is 68.7 Å². The van der Waals surface area contributed by atoms with Crippen molar-refractivity contribution in [2.45, 2.75) is 31.6 Å². The zero-order valence-electron chi connectivity index (χ0n) is 19.2. The molecule has 3 aromatic carbocycles. The lowest BCUT2D eigenvalue weighted by molar-refractivity contribution is -0.119. The minimum absolute atomic E-state index is 0.135. The lowest BCUT2D eigenvalue weighted by Gasteiger charge is -2.24. The van der Waals surface area contributed by atoms with Crippen LogP contribution in [0, 0.1) is 13.8 Å². The quantitative estimate of drug-likeness (QED) is 0.453.